The average Bonchev–Trinajstić information content (AvgIpc) is 3.58. The Kier molecular flexibility index (Phi) is 7.00. The van der Waals surface area contributed by atoms with E-state index in [9.17, 15) is 18.0 Å². The fourth-order valence-electron chi connectivity index (χ4n) is 7.29. The molecule has 0 spiro atoms. The van der Waals surface area contributed by atoms with Crippen molar-refractivity contribution in [1.29, 1.82) is 0 Å². The summed E-state index contributed by atoms with van der Waals surface area (Å²) >= 11 is 0. The van der Waals surface area contributed by atoms with Crippen LogP contribution in [0.5, 0.6) is 0 Å². The molecule has 36 heavy (non-hydrogen) atoms. The number of carbonyl (C=O) groups excluding carboxylic acids is 1. The molecule has 0 unspecified atom stereocenters. The Bertz CT molecular complexity index is 958. The van der Waals surface area contributed by atoms with Gasteiger partial charge in [0.25, 0.3) is 0 Å². The summed E-state index contributed by atoms with van der Waals surface area (Å²) in [6.07, 6.45) is 1.41. The molecule has 1 saturated carbocycles. The van der Waals surface area contributed by atoms with Crippen LogP contribution in [0.4, 0.5) is 19.0 Å². The summed E-state index contributed by atoms with van der Waals surface area (Å²) in [6.45, 7) is 6.86. The summed E-state index contributed by atoms with van der Waals surface area (Å²) in [5, 5.41) is 0. The van der Waals surface area contributed by atoms with Crippen molar-refractivity contribution < 1.29 is 27.4 Å². The number of nitrogens with zero attached hydrogens (tertiary/aromatic N) is 3. The molecule has 1 aromatic heterocycles. The Balaban J connectivity index is 1.26. The van der Waals surface area contributed by atoms with Gasteiger partial charge < -0.3 is 19.3 Å². The van der Waals surface area contributed by atoms with E-state index < -0.39 is 11.9 Å². The lowest BCUT2D eigenvalue weighted by Crippen LogP contribution is -2.54. The predicted octanol–water partition coefficient (Wildman–Crippen LogP) is 4.77. The number of ether oxygens (including phenoxy) is 2. The Morgan fingerprint density at radius 1 is 1.25 bits per heavy atom. The van der Waals surface area contributed by atoms with E-state index in [1.165, 1.54) is 6.07 Å². The third kappa shape index (κ3) is 4.62. The highest BCUT2D eigenvalue weighted by Gasteiger charge is 2.54. The number of pyridine rings is 1. The van der Waals surface area contributed by atoms with Gasteiger partial charge in [0.15, 0.2) is 0 Å². The third-order valence-corrected chi connectivity index (χ3v) is 9.38. The Labute approximate surface area is 211 Å². The standard InChI is InChI=1S/C27H38F3N3O3/c1-17(2)26(9-7-18(13-26)11-19-8-10-36-16-22(19)35-3)25(34)33-15-20-12-21(33)14-32(20)24-6-4-5-23(31-24)27(28,29)30/h4-6,17-22H,7-16H2,1-3H3/t18-,19+,20-,21-,22+,26-/m0/s1. The number of hydrogen-bond donors (Lipinski definition) is 0. The number of rotatable bonds is 6. The zero-order valence-corrected chi connectivity index (χ0v) is 21.5. The molecule has 5 rings (SSSR count). The summed E-state index contributed by atoms with van der Waals surface area (Å²) in [6, 6.07) is 4.11. The first-order valence-corrected chi connectivity index (χ1v) is 13.3. The molecule has 2 bridgehead atoms. The van der Waals surface area contributed by atoms with Gasteiger partial charge in [-0.05, 0) is 68.4 Å². The van der Waals surface area contributed by atoms with Crippen LogP contribution in [0.2, 0.25) is 0 Å². The maximum Gasteiger partial charge on any atom is 0.433 e. The number of halogens is 3. The molecule has 3 aliphatic heterocycles. The predicted molar refractivity (Wildman–Crippen MR) is 129 cm³/mol. The molecule has 3 saturated heterocycles. The molecule has 4 fully saturated rings. The average molecular weight is 510 g/mol. The first-order chi connectivity index (χ1) is 17.1. The van der Waals surface area contributed by atoms with Crippen molar-refractivity contribution >= 4 is 11.7 Å². The van der Waals surface area contributed by atoms with Gasteiger partial charge >= 0.3 is 6.18 Å². The Hall–Kier alpha value is -1.87. The molecule has 200 valence electrons. The number of fused-ring (bicyclic) bond motifs is 2. The Morgan fingerprint density at radius 2 is 2.06 bits per heavy atom. The Morgan fingerprint density at radius 3 is 2.72 bits per heavy atom. The third-order valence-electron chi connectivity index (χ3n) is 9.38. The van der Waals surface area contributed by atoms with E-state index in [0.29, 0.717) is 37.4 Å². The van der Waals surface area contributed by atoms with E-state index in [0.717, 1.165) is 51.2 Å². The molecule has 4 aliphatic rings. The highest BCUT2D eigenvalue weighted by atomic mass is 19.4. The maximum absolute atomic E-state index is 14.1. The zero-order chi connectivity index (χ0) is 25.7. The molecular formula is C27H38F3N3O3. The lowest BCUT2D eigenvalue weighted by Gasteiger charge is -2.42. The summed E-state index contributed by atoms with van der Waals surface area (Å²) in [4.78, 5) is 22.0. The van der Waals surface area contributed by atoms with E-state index in [2.05, 4.69) is 18.8 Å². The fraction of sp³-hybridized carbons (Fsp3) is 0.778. The molecule has 0 radical (unpaired) electrons. The van der Waals surface area contributed by atoms with Crippen LogP contribution in [0.25, 0.3) is 0 Å². The van der Waals surface area contributed by atoms with Gasteiger partial charge in [-0.15, -0.1) is 0 Å². The monoisotopic (exact) mass is 509 g/mol. The lowest BCUT2D eigenvalue weighted by atomic mass is 9.73. The highest BCUT2D eigenvalue weighted by molar-refractivity contribution is 5.84. The van der Waals surface area contributed by atoms with Gasteiger partial charge in [0, 0.05) is 26.8 Å². The zero-order valence-electron chi connectivity index (χ0n) is 21.5. The summed E-state index contributed by atoms with van der Waals surface area (Å²) in [5.41, 5.74) is -1.23. The molecular weight excluding hydrogens is 471 g/mol. The highest BCUT2D eigenvalue weighted by Crippen LogP contribution is 2.52. The van der Waals surface area contributed by atoms with Gasteiger partial charge in [-0.2, -0.15) is 13.2 Å². The molecule has 1 aliphatic carbocycles. The summed E-state index contributed by atoms with van der Waals surface area (Å²) in [7, 11) is 1.75. The summed E-state index contributed by atoms with van der Waals surface area (Å²) in [5.74, 6) is 1.82. The molecule has 9 heteroatoms. The van der Waals surface area contributed by atoms with E-state index in [4.69, 9.17) is 9.47 Å². The maximum atomic E-state index is 14.1. The minimum atomic E-state index is -4.46. The molecule has 1 amide bonds. The number of anilines is 1. The summed E-state index contributed by atoms with van der Waals surface area (Å²) < 4.78 is 50.8. The number of amides is 1. The SMILES string of the molecule is CO[C@@H]1COCC[C@@H]1C[C@@H]1CC[C@@](C(=O)N2C[C@@H]3C[C@H]2CN3c2cccc(C(F)(F)F)n2)(C(C)C)C1. The molecule has 0 aromatic carbocycles. The van der Waals surface area contributed by atoms with Crippen LogP contribution in [0.3, 0.4) is 0 Å². The molecule has 1 aromatic rings. The van der Waals surface area contributed by atoms with E-state index >= 15 is 0 Å². The van der Waals surface area contributed by atoms with Crippen LogP contribution in [0, 0.1) is 23.2 Å². The van der Waals surface area contributed by atoms with Crippen LogP contribution < -0.4 is 4.90 Å². The van der Waals surface area contributed by atoms with Crippen molar-refractivity contribution in [3.8, 4) is 0 Å². The van der Waals surface area contributed by atoms with Gasteiger partial charge in [0.05, 0.1) is 30.2 Å². The largest absolute Gasteiger partial charge is 0.433 e. The minimum absolute atomic E-state index is 0.0149. The van der Waals surface area contributed by atoms with E-state index in [1.54, 1.807) is 13.2 Å². The number of likely N-dealkylation sites (tertiary alicyclic amines) is 1. The van der Waals surface area contributed by atoms with Crippen LogP contribution in [-0.2, 0) is 20.4 Å². The molecule has 6 atom stereocenters. The van der Waals surface area contributed by atoms with Gasteiger partial charge in [0.1, 0.15) is 11.5 Å². The second kappa shape index (κ2) is 9.78. The number of alkyl halides is 3. The first-order valence-electron chi connectivity index (χ1n) is 13.3. The second-order valence-corrected chi connectivity index (χ2v) is 11.6. The van der Waals surface area contributed by atoms with Crippen LogP contribution >= 0.6 is 0 Å². The number of hydrogen-bond acceptors (Lipinski definition) is 5. The smallest absolute Gasteiger partial charge is 0.379 e. The van der Waals surface area contributed by atoms with Gasteiger partial charge in [-0.1, -0.05) is 19.9 Å². The lowest BCUT2D eigenvalue weighted by molar-refractivity contribution is -0.146. The van der Waals surface area contributed by atoms with Crippen molar-refractivity contribution in [3.63, 3.8) is 0 Å². The number of aromatic nitrogens is 1. The topological polar surface area (TPSA) is 54.9 Å². The first kappa shape index (κ1) is 25.8. The van der Waals surface area contributed by atoms with Crippen molar-refractivity contribution in [3.05, 3.63) is 23.9 Å². The van der Waals surface area contributed by atoms with Crippen LogP contribution in [0.1, 0.15) is 58.1 Å². The molecule has 4 heterocycles. The number of methoxy groups -OCH3 is 1. The normalized spacial score (nSPS) is 34.7. The van der Waals surface area contributed by atoms with E-state index in [-0.39, 0.29) is 35.4 Å². The van der Waals surface area contributed by atoms with Gasteiger partial charge in [-0.3, -0.25) is 4.79 Å². The molecule has 0 N–H and O–H groups in total. The van der Waals surface area contributed by atoms with Crippen molar-refractivity contribution in [2.24, 2.45) is 23.2 Å². The van der Waals surface area contributed by atoms with Crippen LogP contribution in [-0.4, -0.2) is 67.4 Å². The van der Waals surface area contributed by atoms with Gasteiger partial charge in [-0.25, -0.2) is 4.98 Å². The van der Waals surface area contributed by atoms with Crippen molar-refractivity contribution in [2.75, 3.05) is 38.3 Å². The molecule has 6 nitrogen and oxygen atoms in total. The van der Waals surface area contributed by atoms with Gasteiger partial charge in [0.2, 0.25) is 5.91 Å². The number of piperazine rings is 1. The quantitative estimate of drug-likeness (QED) is 0.553. The van der Waals surface area contributed by atoms with Crippen molar-refractivity contribution in [2.45, 2.75) is 76.7 Å². The van der Waals surface area contributed by atoms with Crippen LogP contribution in [0.15, 0.2) is 18.2 Å². The number of carbonyl (C=O) groups is 1. The van der Waals surface area contributed by atoms with Crippen molar-refractivity contribution in [1.82, 2.24) is 9.88 Å². The van der Waals surface area contributed by atoms with E-state index in [1.807, 2.05) is 9.80 Å². The minimum Gasteiger partial charge on any atom is -0.379 e. The fourth-order valence-corrected chi connectivity index (χ4v) is 7.29. The second-order valence-electron chi connectivity index (χ2n) is 11.6.